The maximum Gasteiger partial charge on any atom is 0.289 e. The van der Waals surface area contributed by atoms with Gasteiger partial charge in [0.2, 0.25) is 17.6 Å². The number of para-hydroxylation sites is 1. The number of rotatable bonds is 9. The number of pyridine rings is 1. The number of nitrogens with zero attached hydrogens (tertiary/aromatic N) is 1. The standard InChI is InChI=1S/C26H31N5O5/c32-22(15-28-25(35)20-11-10-16-6-4-5-9-19(16)30-20)31-21(14-17-12-13-27-24(17)34)23(33)26(36)29-18-7-2-1-3-8-18/h4-6,9-11,17-18,21H,1-3,7-8,12-15H2,(H,27,34)(H,28,35)(H,29,36)(H,31,32). The van der Waals surface area contributed by atoms with E-state index in [-0.39, 0.29) is 24.1 Å². The first-order chi connectivity index (χ1) is 17.4. The molecule has 10 heteroatoms. The van der Waals surface area contributed by atoms with Gasteiger partial charge in [-0.2, -0.15) is 0 Å². The Labute approximate surface area is 209 Å². The van der Waals surface area contributed by atoms with E-state index in [9.17, 15) is 24.0 Å². The molecule has 0 bridgehead atoms. The van der Waals surface area contributed by atoms with Crippen molar-refractivity contribution in [2.75, 3.05) is 13.1 Å². The average Bonchev–Trinajstić information content (AvgIpc) is 3.30. The molecule has 4 N–H and O–H groups in total. The predicted octanol–water partition coefficient (Wildman–Crippen LogP) is 0.994. The maximum atomic E-state index is 13.0. The lowest BCUT2D eigenvalue weighted by molar-refractivity contribution is -0.141. The number of amides is 4. The number of hydrogen-bond donors (Lipinski definition) is 4. The van der Waals surface area contributed by atoms with Crippen molar-refractivity contribution in [2.45, 2.75) is 57.0 Å². The van der Waals surface area contributed by atoms with E-state index in [0.717, 1.165) is 37.5 Å². The normalized spacial score (nSPS) is 18.8. The summed E-state index contributed by atoms with van der Waals surface area (Å²) in [6.07, 6.45) is 5.27. The maximum absolute atomic E-state index is 13.0. The van der Waals surface area contributed by atoms with Gasteiger partial charge in [0.15, 0.2) is 0 Å². The summed E-state index contributed by atoms with van der Waals surface area (Å²) in [6.45, 7) is 0.0830. The van der Waals surface area contributed by atoms with Crippen LogP contribution in [-0.4, -0.2) is 59.6 Å². The molecule has 1 saturated carbocycles. The Hall–Kier alpha value is -3.82. The van der Waals surface area contributed by atoms with Crippen LogP contribution >= 0.6 is 0 Å². The Morgan fingerprint density at radius 2 is 1.78 bits per heavy atom. The van der Waals surface area contributed by atoms with Crippen LogP contribution in [0.2, 0.25) is 0 Å². The Morgan fingerprint density at radius 1 is 1.00 bits per heavy atom. The lowest BCUT2D eigenvalue weighted by Crippen LogP contribution is -2.52. The zero-order valence-electron chi connectivity index (χ0n) is 20.0. The average molecular weight is 494 g/mol. The molecule has 10 nitrogen and oxygen atoms in total. The van der Waals surface area contributed by atoms with Crippen molar-refractivity contribution in [3.8, 4) is 0 Å². The van der Waals surface area contributed by atoms with Gasteiger partial charge in [-0.1, -0.05) is 43.5 Å². The summed E-state index contributed by atoms with van der Waals surface area (Å²) >= 11 is 0. The van der Waals surface area contributed by atoms with Gasteiger partial charge >= 0.3 is 0 Å². The predicted molar refractivity (Wildman–Crippen MR) is 132 cm³/mol. The molecule has 1 aromatic heterocycles. The smallest absolute Gasteiger partial charge is 0.289 e. The number of Topliss-reactive ketones (excluding diaryl/α,β-unsaturated/α-hetero) is 1. The van der Waals surface area contributed by atoms with Gasteiger partial charge in [0.05, 0.1) is 18.1 Å². The van der Waals surface area contributed by atoms with Crippen LogP contribution < -0.4 is 21.3 Å². The van der Waals surface area contributed by atoms with Gasteiger partial charge in [-0.25, -0.2) is 4.98 Å². The monoisotopic (exact) mass is 493 g/mol. The molecule has 1 aliphatic carbocycles. The Balaban J connectivity index is 1.36. The van der Waals surface area contributed by atoms with Crippen molar-refractivity contribution in [2.24, 2.45) is 5.92 Å². The van der Waals surface area contributed by atoms with E-state index >= 15 is 0 Å². The number of fused-ring (bicyclic) bond motifs is 1. The zero-order valence-corrected chi connectivity index (χ0v) is 20.0. The summed E-state index contributed by atoms with van der Waals surface area (Å²) in [4.78, 5) is 67.2. The van der Waals surface area contributed by atoms with E-state index < -0.39 is 42.0 Å². The Morgan fingerprint density at radius 3 is 2.53 bits per heavy atom. The minimum atomic E-state index is -1.16. The van der Waals surface area contributed by atoms with Crippen LogP contribution in [0, 0.1) is 5.92 Å². The van der Waals surface area contributed by atoms with E-state index in [2.05, 4.69) is 26.3 Å². The second kappa shape index (κ2) is 11.7. The zero-order chi connectivity index (χ0) is 25.5. The molecule has 1 aliphatic heterocycles. The fraction of sp³-hybridized carbons (Fsp3) is 0.462. The summed E-state index contributed by atoms with van der Waals surface area (Å²) in [5.74, 6) is -3.38. The highest BCUT2D eigenvalue weighted by Gasteiger charge is 2.34. The molecular weight excluding hydrogens is 462 g/mol. The van der Waals surface area contributed by atoms with Crippen molar-refractivity contribution in [1.29, 1.82) is 0 Å². The summed E-state index contributed by atoms with van der Waals surface area (Å²) in [7, 11) is 0. The van der Waals surface area contributed by atoms with Crippen molar-refractivity contribution >= 4 is 40.3 Å². The fourth-order valence-electron chi connectivity index (χ4n) is 4.74. The number of carbonyl (C=O) groups is 5. The van der Waals surface area contributed by atoms with Gasteiger partial charge in [-0.3, -0.25) is 24.0 Å². The number of ketones is 1. The van der Waals surface area contributed by atoms with Gasteiger partial charge in [-0.05, 0) is 37.8 Å². The third kappa shape index (κ3) is 6.44. The Kier molecular flexibility index (Phi) is 8.24. The first-order valence-corrected chi connectivity index (χ1v) is 12.5. The first-order valence-electron chi connectivity index (χ1n) is 12.5. The molecule has 2 unspecified atom stereocenters. The van der Waals surface area contributed by atoms with Crippen molar-refractivity contribution in [1.82, 2.24) is 26.3 Å². The molecule has 2 heterocycles. The number of aromatic nitrogens is 1. The summed E-state index contributed by atoms with van der Waals surface area (Å²) in [6, 6.07) is 9.46. The molecule has 36 heavy (non-hydrogen) atoms. The van der Waals surface area contributed by atoms with E-state index in [1.807, 2.05) is 18.2 Å². The minimum Gasteiger partial charge on any atom is -0.356 e. The molecular formula is C26H31N5O5. The third-order valence-electron chi connectivity index (χ3n) is 6.74. The highest BCUT2D eigenvalue weighted by Crippen LogP contribution is 2.19. The second-order valence-electron chi connectivity index (χ2n) is 9.38. The van der Waals surface area contributed by atoms with Crippen LogP contribution in [0.5, 0.6) is 0 Å². The quantitative estimate of drug-likeness (QED) is 0.383. The molecule has 1 saturated heterocycles. The molecule has 4 amide bonds. The highest BCUT2D eigenvalue weighted by molar-refractivity contribution is 6.38. The van der Waals surface area contributed by atoms with E-state index in [1.165, 1.54) is 0 Å². The van der Waals surface area contributed by atoms with Crippen molar-refractivity contribution in [3.05, 3.63) is 42.1 Å². The van der Waals surface area contributed by atoms with E-state index in [4.69, 9.17) is 0 Å². The minimum absolute atomic E-state index is 0.0225. The number of benzene rings is 1. The van der Waals surface area contributed by atoms with Gasteiger partial charge in [0, 0.05) is 23.9 Å². The molecule has 0 spiro atoms. The number of hydrogen-bond acceptors (Lipinski definition) is 6. The van der Waals surface area contributed by atoms with Gasteiger partial charge in [-0.15, -0.1) is 0 Å². The molecule has 4 rings (SSSR count). The van der Waals surface area contributed by atoms with Crippen LogP contribution in [0.15, 0.2) is 36.4 Å². The van der Waals surface area contributed by atoms with E-state index in [0.29, 0.717) is 18.5 Å². The second-order valence-corrected chi connectivity index (χ2v) is 9.38. The number of nitrogens with one attached hydrogen (secondary N) is 4. The van der Waals surface area contributed by atoms with Crippen LogP contribution in [0.3, 0.4) is 0 Å². The lowest BCUT2D eigenvalue weighted by atomic mass is 9.93. The highest BCUT2D eigenvalue weighted by atomic mass is 16.2. The van der Waals surface area contributed by atoms with Crippen molar-refractivity contribution < 1.29 is 24.0 Å². The van der Waals surface area contributed by atoms with E-state index in [1.54, 1.807) is 18.2 Å². The van der Waals surface area contributed by atoms with Crippen LogP contribution in [0.1, 0.15) is 55.4 Å². The molecule has 2 atom stereocenters. The summed E-state index contributed by atoms with van der Waals surface area (Å²) in [5, 5.41) is 11.4. The number of carbonyl (C=O) groups excluding carboxylic acids is 5. The summed E-state index contributed by atoms with van der Waals surface area (Å²) in [5.41, 5.74) is 0.808. The summed E-state index contributed by atoms with van der Waals surface area (Å²) < 4.78 is 0. The Bertz CT molecular complexity index is 1160. The lowest BCUT2D eigenvalue weighted by Gasteiger charge is -2.24. The molecule has 1 aromatic carbocycles. The largest absolute Gasteiger partial charge is 0.356 e. The molecule has 2 aliphatic rings. The van der Waals surface area contributed by atoms with Gasteiger partial charge in [0.1, 0.15) is 5.69 Å². The van der Waals surface area contributed by atoms with Crippen LogP contribution in [0.4, 0.5) is 0 Å². The third-order valence-corrected chi connectivity index (χ3v) is 6.74. The first kappa shape index (κ1) is 25.3. The van der Waals surface area contributed by atoms with Gasteiger partial charge < -0.3 is 21.3 Å². The van der Waals surface area contributed by atoms with Gasteiger partial charge in [0.25, 0.3) is 11.8 Å². The van der Waals surface area contributed by atoms with Crippen molar-refractivity contribution in [3.63, 3.8) is 0 Å². The fourth-order valence-corrected chi connectivity index (χ4v) is 4.74. The molecule has 2 aromatic rings. The van der Waals surface area contributed by atoms with Crippen LogP contribution in [0.25, 0.3) is 10.9 Å². The SMILES string of the molecule is O=C(CNC(=O)c1ccc2ccccc2n1)NC(CC1CCNC1=O)C(=O)C(=O)NC1CCCCC1. The molecule has 190 valence electrons. The molecule has 0 radical (unpaired) electrons. The molecule has 2 fully saturated rings. The topological polar surface area (TPSA) is 146 Å². The van der Waals surface area contributed by atoms with Crippen LogP contribution in [-0.2, 0) is 19.2 Å².